The molecule has 2 unspecified atom stereocenters. The molecule has 7 heteroatoms. The highest BCUT2D eigenvalue weighted by atomic mass is 32.2. The summed E-state index contributed by atoms with van der Waals surface area (Å²) in [5.41, 5.74) is 1.79. The zero-order valence-electron chi connectivity index (χ0n) is 22.2. The van der Waals surface area contributed by atoms with E-state index in [-0.39, 0.29) is 17.5 Å². The highest BCUT2D eigenvalue weighted by Gasteiger charge is 2.42. The first kappa shape index (κ1) is 27.3. The number of hydrogen-bond donors (Lipinski definition) is 0. The number of thioether (sulfide) groups is 1. The van der Waals surface area contributed by atoms with E-state index < -0.39 is 12.0 Å². The van der Waals surface area contributed by atoms with Crippen molar-refractivity contribution in [3.8, 4) is 0 Å². The standard InChI is InChI=1S/C29H43N3O3S/c1-22-26(33)14-13-25(28(22)34)32-21-24-23(29(32)35)11-9-12-27(24)36-20-8-6-4-3-5-7-16-31-17-10-15-30(2)18-19-31/h9,11-12,22,25H,3-8,10,13-21H2,1-2H3. The highest BCUT2D eigenvalue weighted by molar-refractivity contribution is 7.99. The predicted molar refractivity (Wildman–Crippen MR) is 145 cm³/mol. The molecular weight excluding hydrogens is 470 g/mol. The second-order valence-electron chi connectivity index (χ2n) is 10.8. The molecule has 2 atom stereocenters. The molecule has 0 aromatic heterocycles. The van der Waals surface area contributed by atoms with Gasteiger partial charge in [-0.1, -0.05) is 31.7 Å². The van der Waals surface area contributed by atoms with Crippen molar-refractivity contribution in [1.29, 1.82) is 0 Å². The Bertz CT molecular complexity index is 936. The van der Waals surface area contributed by atoms with Crippen molar-refractivity contribution < 1.29 is 14.4 Å². The van der Waals surface area contributed by atoms with Crippen LogP contribution in [0.4, 0.5) is 0 Å². The lowest BCUT2D eigenvalue weighted by Crippen LogP contribution is -2.48. The molecule has 2 aliphatic heterocycles. The van der Waals surface area contributed by atoms with Crippen molar-refractivity contribution >= 4 is 29.2 Å². The number of unbranched alkanes of at least 4 members (excludes halogenated alkanes) is 5. The van der Waals surface area contributed by atoms with Crippen LogP contribution in [-0.4, -0.2) is 83.7 Å². The van der Waals surface area contributed by atoms with E-state index >= 15 is 0 Å². The molecule has 198 valence electrons. The molecule has 2 fully saturated rings. The summed E-state index contributed by atoms with van der Waals surface area (Å²) in [5, 5.41) is 0. The van der Waals surface area contributed by atoms with E-state index in [4.69, 9.17) is 0 Å². The second-order valence-corrected chi connectivity index (χ2v) is 12.0. The fourth-order valence-corrected chi connectivity index (χ4v) is 6.85. The van der Waals surface area contributed by atoms with E-state index in [0.717, 1.165) is 16.9 Å². The van der Waals surface area contributed by atoms with Crippen LogP contribution in [0.3, 0.4) is 0 Å². The van der Waals surface area contributed by atoms with Crippen molar-refractivity contribution in [2.24, 2.45) is 5.92 Å². The molecule has 1 aromatic rings. The van der Waals surface area contributed by atoms with Crippen LogP contribution in [0.15, 0.2) is 23.1 Å². The van der Waals surface area contributed by atoms with Crippen LogP contribution >= 0.6 is 11.8 Å². The van der Waals surface area contributed by atoms with Gasteiger partial charge >= 0.3 is 0 Å². The summed E-state index contributed by atoms with van der Waals surface area (Å²) in [4.78, 5) is 45.7. The monoisotopic (exact) mass is 513 g/mol. The zero-order valence-corrected chi connectivity index (χ0v) is 23.0. The Balaban J connectivity index is 1.15. The maximum atomic E-state index is 13.1. The molecule has 0 radical (unpaired) electrons. The molecule has 1 amide bonds. The van der Waals surface area contributed by atoms with Gasteiger partial charge in [0.25, 0.3) is 5.91 Å². The molecule has 2 heterocycles. The molecular formula is C29H43N3O3S. The number of carbonyl (C=O) groups is 3. The first-order chi connectivity index (χ1) is 17.5. The van der Waals surface area contributed by atoms with Gasteiger partial charge in [0.2, 0.25) is 0 Å². The number of nitrogens with zero attached hydrogens (tertiary/aromatic N) is 3. The van der Waals surface area contributed by atoms with E-state index in [1.54, 1.807) is 11.8 Å². The minimum absolute atomic E-state index is 0.00194. The van der Waals surface area contributed by atoms with Gasteiger partial charge in [0.1, 0.15) is 5.78 Å². The van der Waals surface area contributed by atoms with E-state index in [1.165, 1.54) is 82.6 Å². The molecule has 0 bridgehead atoms. The Hall–Kier alpha value is -1.70. The van der Waals surface area contributed by atoms with E-state index in [0.29, 0.717) is 19.4 Å². The average Bonchev–Trinajstić information content (AvgIpc) is 3.06. The SMILES string of the molecule is CC1C(=O)CCC(N2Cc3c(SCCCCCCCCN4CCCN(C)CC4)cccc3C2=O)C1=O. The minimum atomic E-state index is -0.592. The number of carbonyl (C=O) groups excluding carboxylic acids is 3. The average molecular weight is 514 g/mol. The van der Waals surface area contributed by atoms with Gasteiger partial charge in [0.15, 0.2) is 5.78 Å². The molecule has 1 aliphatic carbocycles. The predicted octanol–water partition coefficient (Wildman–Crippen LogP) is 4.65. The molecule has 36 heavy (non-hydrogen) atoms. The molecule has 3 aliphatic rings. The highest BCUT2D eigenvalue weighted by Crippen LogP contribution is 2.36. The quantitative estimate of drug-likeness (QED) is 0.244. The number of Topliss-reactive ketones (excluding diaryl/α,β-unsaturated/α-hetero) is 2. The summed E-state index contributed by atoms with van der Waals surface area (Å²) in [6.45, 7) is 8.33. The van der Waals surface area contributed by atoms with Gasteiger partial charge in [-0.2, -0.15) is 0 Å². The molecule has 1 saturated carbocycles. The lowest BCUT2D eigenvalue weighted by atomic mass is 9.84. The fourth-order valence-electron chi connectivity index (χ4n) is 5.76. The van der Waals surface area contributed by atoms with Crippen molar-refractivity contribution in [1.82, 2.24) is 14.7 Å². The Labute approximate surface area is 221 Å². The van der Waals surface area contributed by atoms with Gasteiger partial charge in [-0.3, -0.25) is 14.4 Å². The number of ketones is 2. The van der Waals surface area contributed by atoms with Crippen LogP contribution < -0.4 is 0 Å². The minimum Gasteiger partial charge on any atom is -0.324 e. The van der Waals surface area contributed by atoms with Crippen molar-refractivity contribution in [3.05, 3.63) is 29.3 Å². The van der Waals surface area contributed by atoms with Crippen molar-refractivity contribution in [2.75, 3.05) is 45.5 Å². The molecule has 0 spiro atoms. The van der Waals surface area contributed by atoms with Gasteiger partial charge in [-0.25, -0.2) is 0 Å². The number of hydrogen-bond acceptors (Lipinski definition) is 6. The Morgan fingerprint density at radius 3 is 2.56 bits per heavy atom. The second kappa shape index (κ2) is 13.2. The number of fused-ring (bicyclic) bond motifs is 1. The summed E-state index contributed by atoms with van der Waals surface area (Å²) in [7, 11) is 2.23. The normalized spacial score (nSPS) is 23.8. The number of benzene rings is 1. The topological polar surface area (TPSA) is 60.9 Å². The molecule has 1 saturated heterocycles. The number of amides is 1. The van der Waals surface area contributed by atoms with Crippen LogP contribution in [0.2, 0.25) is 0 Å². The van der Waals surface area contributed by atoms with Crippen LogP contribution in [0.25, 0.3) is 0 Å². The fraction of sp³-hybridized carbons (Fsp3) is 0.690. The van der Waals surface area contributed by atoms with E-state index in [1.807, 2.05) is 23.9 Å². The smallest absolute Gasteiger partial charge is 0.255 e. The summed E-state index contributed by atoms with van der Waals surface area (Å²) in [5.74, 6) is 0.313. The van der Waals surface area contributed by atoms with Crippen LogP contribution in [-0.2, 0) is 16.1 Å². The van der Waals surface area contributed by atoms with Crippen LogP contribution in [0.5, 0.6) is 0 Å². The lowest BCUT2D eigenvalue weighted by molar-refractivity contribution is -0.138. The Kier molecular flexibility index (Phi) is 10.0. The van der Waals surface area contributed by atoms with E-state index in [9.17, 15) is 14.4 Å². The van der Waals surface area contributed by atoms with Crippen LogP contribution in [0, 0.1) is 5.92 Å². The lowest BCUT2D eigenvalue weighted by Gasteiger charge is -2.31. The summed E-state index contributed by atoms with van der Waals surface area (Å²) in [6, 6.07) is 5.49. The summed E-state index contributed by atoms with van der Waals surface area (Å²) < 4.78 is 0. The number of likely N-dealkylation sites (N-methyl/N-ethyl adjacent to an activating group) is 1. The third-order valence-electron chi connectivity index (χ3n) is 8.17. The number of rotatable bonds is 11. The van der Waals surface area contributed by atoms with Crippen molar-refractivity contribution in [3.63, 3.8) is 0 Å². The van der Waals surface area contributed by atoms with Gasteiger partial charge in [0.05, 0.1) is 12.0 Å². The summed E-state index contributed by atoms with van der Waals surface area (Å²) in [6.07, 6.45) is 9.83. The van der Waals surface area contributed by atoms with Crippen LogP contribution in [0.1, 0.15) is 80.6 Å². The van der Waals surface area contributed by atoms with Gasteiger partial charge in [-0.15, -0.1) is 11.8 Å². The van der Waals surface area contributed by atoms with Gasteiger partial charge < -0.3 is 14.7 Å². The largest absolute Gasteiger partial charge is 0.324 e. The third kappa shape index (κ3) is 6.78. The zero-order chi connectivity index (χ0) is 25.5. The van der Waals surface area contributed by atoms with E-state index in [2.05, 4.69) is 22.9 Å². The molecule has 4 rings (SSSR count). The van der Waals surface area contributed by atoms with Gasteiger partial charge in [0, 0.05) is 36.5 Å². The maximum Gasteiger partial charge on any atom is 0.255 e. The Morgan fingerprint density at radius 1 is 0.944 bits per heavy atom. The first-order valence-corrected chi connectivity index (χ1v) is 15.0. The van der Waals surface area contributed by atoms with Gasteiger partial charge in [-0.05, 0) is 82.7 Å². The Morgan fingerprint density at radius 2 is 1.72 bits per heavy atom. The summed E-state index contributed by atoms with van der Waals surface area (Å²) >= 11 is 1.84. The first-order valence-electron chi connectivity index (χ1n) is 14.0. The molecule has 1 aromatic carbocycles. The van der Waals surface area contributed by atoms with Crippen molar-refractivity contribution in [2.45, 2.75) is 82.2 Å². The molecule has 6 nitrogen and oxygen atoms in total. The third-order valence-corrected chi connectivity index (χ3v) is 9.36. The molecule has 0 N–H and O–H groups in total. The maximum absolute atomic E-state index is 13.1.